The third kappa shape index (κ3) is 3.37. The predicted octanol–water partition coefficient (Wildman–Crippen LogP) is 4.71. The van der Waals surface area contributed by atoms with Gasteiger partial charge in [-0.05, 0) is 42.3 Å². The number of pyridine rings is 1. The van der Waals surface area contributed by atoms with Gasteiger partial charge in [-0.25, -0.2) is 0 Å². The molecule has 1 heterocycles. The molecular weight excluding hydrogens is 244 g/mol. The number of rotatable bonds is 7. The number of nitrogens with zero attached hydrogens (tertiary/aromatic N) is 1. The van der Waals surface area contributed by atoms with E-state index >= 15 is 0 Å². The second-order valence-corrected chi connectivity index (χ2v) is 5.64. The van der Waals surface area contributed by atoms with Crippen molar-refractivity contribution in [2.45, 2.75) is 46.1 Å². The van der Waals surface area contributed by atoms with Crippen LogP contribution in [0.1, 0.15) is 51.6 Å². The maximum absolute atomic E-state index is 4.24. The van der Waals surface area contributed by atoms with Gasteiger partial charge in [-0.3, -0.25) is 4.98 Å². The van der Waals surface area contributed by atoms with E-state index in [4.69, 9.17) is 0 Å². The Hall–Kier alpha value is -1.41. The standard InChI is InChI=1S/C18H26N2/c1-4-7-14(3)18(20-11-5-2)17-9-6-8-15-13-19-12-10-16(15)17/h6,8-10,12-14,18,20H,4-5,7,11H2,1-3H3. The van der Waals surface area contributed by atoms with E-state index in [2.05, 4.69) is 55.3 Å². The van der Waals surface area contributed by atoms with Crippen molar-refractivity contribution in [1.82, 2.24) is 10.3 Å². The number of hydrogen-bond acceptors (Lipinski definition) is 2. The summed E-state index contributed by atoms with van der Waals surface area (Å²) in [5.74, 6) is 0.644. The van der Waals surface area contributed by atoms with Crippen LogP contribution in [-0.4, -0.2) is 11.5 Å². The summed E-state index contributed by atoms with van der Waals surface area (Å²) < 4.78 is 0. The molecule has 2 aromatic rings. The van der Waals surface area contributed by atoms with Gasteiger partial charge in [-0.2, -0.15) is 0 Å². The van der Waals surface area contributed by atoms with E-state index in [0.717, 1.165) is 6.54 Å². The smallest absolute Gasteiger partial charge is 0.0352 e. The molecule has 0 aliphatic rings. The molecule has 2 heteroatoms. The lowest BCUT2D eigenvalue weighted by Crippen LogP contribution is -2.28. The summed E-state index contributed by atoms with van der Waals surface area (Å²) in [6.07, 6.45) is 7.51. The third-order valence-electron chi connectivity index (χ3n) is 3.98. The molecule has 1 aromatic heterocycles. The number of hydrogen-bond donors (Lipinski definition) is 1. The fraction of sp³-hybridized carbons (Fsp3) is 0.500. The second kappa shape index (κ2) is 7.39. The van der Waals surface area contributed by atoms with E-state index in [1.54, 1.807) is 0 Å². The molecule has 2 unspecified atom stereocenters. The van der Waals surface area contributed by atoms with Crippen LogP contribution in [0.25, 0.3) is 10.8 Å². The molecule has 1 aromatic carbocycles. The van der Waals surface area contributed by atoms with Gasteiger partial charge in [-0.15, -0.1) is 0 Å². The average molecular weight is 270 g/mol. The van der Waals surface area contributed by atoms with E-state index in [1.807, 2.05) is 12.4 Å². The Bertz CT molecular complexity index is 530. The minimum absolute atomic E-state index is 0.431. The fourth-order valence-corrected chi connectivity index (χ4v) is 2.96. The molecule has 1 N–H and O–H groups in total. The zero-order valence-electron chi connectivity index (χ0n) is 12.9. The Morgan fingerprint density at radius 2 is 2.00 bits per heavy atom. The minimum atomic E-state index is 0.431. The Kier molecular flexibility index (Phi) is 5.54. The third-order valence-corrected chi connectivity index (χ3v) is 3.98. The van der Waals surface area contributed by atoms with E-state index in [1.165, 1.54) is 35.6 Å². The first kappa shape index (κ1) is 15.0. The summed E-state index contributed by atoms with van der Waals surface area (Å²) in [4.78, 5) is 4.24. The molecule has 0 fully saturated rings. The SMILES string of the molecule is CCCNC(c1cccc2cnccc12)C(C)CCC. The second-order valence-electron chi connectivity index (χ2n) is 5.64. The van der Waals surface area contributed by atoms with Crippen molar-refractivity contribution < 1.29 is 0 Å². The van der Waals surface area contributed by atoms with Crippen LogP contribution in [0.4, 0.5) is 0 Å². The fourth-order valence-electron chi connectivity index (χ4n) is 2.96. The average Bonchev–Trinajstić information content (AvgIpc) is 2.48. The molecule has 0 radical (unpaired) electrons. The first-order valence-corrected chi connectivity index (χ1v) is 7.84. The van der Waals surface area contributed by atoms with Crippen LogP contribution in [0, 0.1) is 5.92 Å². The largest absolute Gasteiger partial charge is 0.310 e. The van der Waals surface area contributed by atoms with E-state index in [0.29, 0.717) is 12.0 Å². The van der Waals surface area contributed by atoms with Crippen LogP contribution in [0.15, 0.2) is 36.7 Å². The summed E-state index contributed by atoms with van der Waals surface area (Å²) in [7, 11) is 0. The van der Waals surface area contributed by atoms with Gasteiger partial charge >= 0.3 is 0 Å². The van der Waals surface area contributed by atoms with Crippen LogP contribution < -0.4 is 5.32 Å². The molecule has 108 valence electrons. The number of fused-ring (bicyclic) bond motifs is 1. The molecule has 0 bridgehead atoms. The molecule has 0 saturated carbocycles. The zero-order valence-corrected chi connectivity index (χ0v) is 12.9. The number of nitrogens with one attached hydrogen (secondary N) is 1. The molecule has 2 rings (SSSR count). The lowest BCUT2D eigenvalue weighted by molar-refractivity contribution is 0.365. The van der Waals surface area contributed by atoms with Crippen molar-refractivity contribution in [2.24, 2.45) is 5.92 Å². The molecule has 0 spiro atoms. The molecule has 20 heavy (non-hydrogen) atoms. The molecule has 0 amide bonds. The highest BCUT2D eigenvalue weighted by Gasteiger charge is 2.19. The van der Waals surface area contributed by atoms with Gasteiger partial charge in [0.05, 0.1) is 0 Å². The maximum Gasteiger partial charge on any atom is 0.0352 e. The lowest BCUT2D eigenvalue weighted by atomic mass is 9.88. The highest BCUT2D eigenvalue weighted by atomic mass is 14.9. The Balaban J connectivity index is 2.39. The van der Waals surface area contributed by atoms with Crippen LogP contribution in [0.3, 0.4) is 0 Å². The van der Waals surface area contributed by atoms with Crippen molar-refractivity contribution in [3.05, 3.63) is 42.2 Å². The van der Waals surface area contributed by atoms with Crippen LogP contribution in [0.5, 0.6) is 0 Å². The van der Waals surface area contributed by atoms with Crippen molar-refractivity contribution in [2.75, 3.05) is 6.54 Å². The van der Waals surface area contributed by atoms with E-state index in [9.17, 15) is 0 Å². The summed E-state index contributed by atoms with van der Waals surface area (Å²) >= 11 is 0. The minimum Gasteiger partial charge on any atom is -0.310 e. The summed E-state index contributed by atoms with van der Waals surface area (Å²) in [5.41, 5.74) is 1.42. The van der Waals surface area contributed by atoms with E-state index in [-0.39, 0.29) is 0 Å². The zero-order chi connectivity index (χ0) is 14.4. The normalized spacial score (nSPS) is 14.3. The molecular formula is C18H26N2. The predicted molar refractivity (Wildman–Crippen MR) is 86.8 cm³/mol. The molecule has 0 saturated heterocycles. The summed E-state index contributed by atoms with van der Waals surface area (Å²) in [6, 6.07) is 9.14. The van der Waals surface area contributed by atoms with Crippen LogP contribution in [-0.2, 0) is 0 Å². The number of aromatic nitrogens is 1. The van der Waals surface area contributed by atoms with Gasteiger partial charge in [0, 0.05) is 23.8 Å². The Morgan fingerprint density at radius 3 is 2.75 bits per heavy atom. The van der Waals surface area contributed by atoms with Crippen LogP contribution in [0.2, 0.25) is 0 Å². The lowest BCUT2D eigenvalue weighted by Gasteiger charge is -2.26. The van der Waals surface area contributed by atoms with Gasteiger partial charge in [0.25, 0.3) is 0 Å². The monoisotopic (exact) mass is 270 g/mol. The number of benzene rings is 1. The van der Waals surface area contributed by atoms with Crippen molar-refractivity contribution in [3.63, 3.8) is 0 Å². The van der Waals surface area contributed by atoms with Crippen molar-refractivity contribution >= 4 is 10.8 Å². The highest BCUT2D eigenvalue weighted by Crippen LogP contribution is 2.30. The maximum atomic E-state index is 4.24. The van der Waals surface area contributed by atoms with Crippen LogP contribution >= 0.6 is 0 Å². The topological polar surface area (TPSA) is 24.9 Å². The molecule has 0 aliphatic heterocycles. The molecule has 2 nitrogen and oxygen atoms in total. The summed E-state index contributed by atoms with van der Waals surface area (Å²) in [6.45, 7) is 7.92. The first-order valence-electron chi connectivity index (χ1n) is 7.84. The van der Waals surface area contributed by atoms with E-state index < -0.39 is 0 Å². The highest BCUT2D eigenvalue weighted by molar-refractivity contribution is 5.85. The van der Waals surface area contributed by atoms with Gasteiger partial charge < -0.3 is 5.32 Å². The van der Waals surface area contributed by atoms with Crippen molar-refractivity contribution in [3.8, 4) is 0 Å². The first-order chi connectivity index (χ1) is 9.77. The van der Waals surface area contributed by atoms with Gasteiger partial charge in [0.15, 0.2) is 0 Å². The quantitative estimate of drug-likeness (QED) is 0.788. The van der Waals surface area contributed by atoms with Crippen molar-refractivity contribution in [1.29, 1.82) is 0 Å². The van der Waals surface area contributed by atoms with Gasteiger partial charge in [0.1, 0.15) is 0 Å². The van der Waals surface area contributed by atoms with Gasteiger partial charge in [-0.1, -0.05) is 45.4 Å². The van der Waals surface area contributed by atoms with Gasteiger partial charge in [0.2, 0.25) is 0 Å². The summed E-state index contributed by atoms with van der Waals surface area (Å²) in [5, 5.41) is 6.31. The molecule has 2 atom stereocenters. The Labute approximate surface area is 122 Å². The molecule has 0 aliphatic carbocycles. The Morgan fingerprint density at radius 1 is 1.15 bits per heavy atom.